The number of hydrogen-bond acceptors (Lipinski definition) is 2. The fourth-order valence-corrected chi connectivity index (χ4v) is 1.83. The summed E-state index contributed by atoms with van der Waals surface area (Å²) in [5.41, 5.74) is 2.13. The summed E-state index contributed by atoms with van der Waals surface area (Å²) in [6.07, 6.45) is 3.40. The first-order valence-corrected chi connectivity index (χ1v) is 6.08. The van der Waals surface area contributed by atoms with Crippen LogP contribution in [-0.2, 0) is 4.74 Å². The second-order valence-corrected chi connectivity index (χ2v) is 4.74. The minimum Gasteiger partial charge on any atom is -0.386 e. The van der Waals surface area contributed by atoms with Crippen LogP contribution in [0.1, 0.15) is 36.5 Å². The monoisotopic (exact) mass is 220 g/mol. The number of aryl methyl sites for hydroxylation is 1. The van der Waals surface area contributed by atoms with E-state index in [2.05, 4.69) is 0 Å². The quantitative estimate of drug-likeness (QED) is 0.747. The maximum atomic E-state index is 9.90. The van der Waals surface area contributed by atoms with Gasteiger partial charge in [0.1, 0.15) is 6.10 Å². The van der Waals surface area contributed by atoms with Crippen molar-refractivity contribution in [1.29, 1.82) is 0 Å². The molecule has 1 fully saturated rings. The average molecular weight is 220 g/mol. The van der Waals surface area contributed by atoms with Gasteiger partial charge in [-0.25, -0.2) is 0 Å². The van der Waals surface area contributed by atoms with Gasteiger partial charge in [0, 0.05) is 6.61 Å². The van der Waals surface area contributed by atoms with Gasteiger partial charge >= 0.3 is 0 Å². The van der Waals surface area contributed by atoms with Crippen LogP contribution < -0.4 is 0 Å². The van der Waals surface area contributed by atoms with Crippen LogP contribution in [0.2, 0.25) is 0 Å². The molecule has 1 aliphatic rings. The first-order chi connectivity index (χ1) is 7.75. The molecular formula is C14H20O2. The Kier molecular flexibility index (Phi) is 3.97. The third-order valence-electron chi connectivity index (χ3n) is 3.07. The Labute approximate surface area is 97.3 Å². The first kappa shape index (κ1) is 11.6. The topological polar surface area (TPSA) is 29.5 Å². The molecule has 0 amide bonds. The third kappa shape index (κ3) is 3.62. The van der Waals surface area contributed by atoms with Crippen molar-refractivity contribution in [3.8, 4) is 0 Å². The van der Waals surface area contributed by atoms with E-state index in [4.69, 9.17) is 4.74 Å². The molecule has 1 atom stereocenters. The number of aliphatic hydroxyl groups excluding tert-OH is 1. The third-order valence-corrected chi connectivity index (χ3v) is 3.07. The summed E-state index contributed by atoms with van der Waals surface area (Å²) in [6.45, 7) is 3.23. The highest BCUT2D eigenvalue weighted by Gasteiger charge is 2.20. The van der Waals surface area contributed by atoms with Gasteiger partial charge in [-0.3, -0.25) is 0 Å². The molecule has 1 aromatic carbocycles. The van der Waals surface area contributed by atoms with E-state index in [1.165, 1.54) is 18.4 Å². The molecule has 88 valence electrons. The molecule has 2 nitrogen and oxygen atoms in total. The Morgan fingerprint density at radius 3 is 2.94 bits per heavy atom. The molecule has 2 heteroatoms. The smallest absolute Gasteiger partial charge is 0.102 e. The highest BCUT2D eigenvalue weighted by atomic mass is 16.5. The van der Waals surface area contributed by atoms with E-state index in [0.717, 1.165) is 24.5 Å². The number of benzene rings is 1. The molecule has 0 heterocycles. The zero-order valence-corrected chi connectivity index (χ0v) is 9.86. The summed E-state index contributed by atoms with van der Waals surface area (Å²) in [7, 11) is 0. The summed E-state index contributed by atoms with van der Waals surface area (Å²) in [4.78, 5) is 0. The average Bonchev–Trinajstić information content (AvgIpc) is 3.08. The highest BCUT2D eigenvalue weighted by molar-refractivity contribution is 5.23. The van der Waals surface area contributed by atoms with Crippen molar-refractivity contribution >= 4 is 0 Å². The normalized spacial score (nSPS) is 17.4. The SMILES string of the molecule is Cc1cccc(C(O)COCCC2CC2)c1. The molecule has 1 unspecified atom stereocenters. The van der Waals surface area contributed by atoms with E-state index >= 15 is 0 Å². The number of rotatable bonds is 6. The molecule has 0 aliphatic heterocycles. The van der Waals surface area contributed by atoms with Crippen LogP contribution in [0, 0.1) is 12.8 Å². The predicted molar refractivity (Wildman–Crippen MR) is 64.3 cm³/mol. The molecule has 0 spiro atoms. The van der Waals surface area contributed by atoms with Crippen molar-refractivity contribution in [2.24, 2.45) is 5.92 Å². The molecule has 2 rings (SSSR count). The molecule has 0 bridgehead atoms. The van der Waals surface area contributed by atoms with Gasteiger partial charge in [0.05, 0.1) is 6.61 Å². The summed E-state index contributed by atoms with van der Waals surface area (Å²) in [6, 6.07) is 7.96. The highest BCUT2D eigenvalue weighted by Crippen LogP contribution is 2.32. The van der Waals surface area contributed by atoms with Crippen LogP contribution in [0.3, 0.4) is 0 Å². The summed E-state index contributed by atoms with van der Waals surface area (Å²) >= 11 is 0. The summed E-state index contributed by atoms with van der Waals surface area (Å²) in [5, 5.41) is 9.90. The molecule has 1 aromatic rings. The van der Waals surface area contributed by atoms with Crippen LogP contribution in [0.5, 0.6) is 0 Å². The van der Waals surface area contributed by atoms with Crippen molar-refractivity contribution in [2.75, 3.05) is 13.2 Å². The van der Waals surface area contributed by atoms with E-state index in [9.17, 15) is 5.11 Å². The maximum Gasteiger partial charge on any atom is 0.102 e. The Morgan fingerprint density at radius 2 is 2.25 bits per heavy atom. The van der Waals surface area contributed by atoms with Gasteiger partial charge in [-0.2, -0.15) is 0 Å². The lowest BCUT2D eigenvalue weighted by Crippen LogP contribution is -2.08. The lowest BCUT2D eigenvalue weighted by atomic mass is 10.1. The van der Waals surface area contributed by atoms with E-state index in [1.807, 2.05) is 31.2 Å². The van der Waals surface area contributed by atoms with Gasteiger partial charge in [0.25, 0.3) is 0 Å². The van der Waals surface area contributed by atoms with Crippen molar-refractivity contribution in [3.63, 3.8) is 0 Å². The molecule has 16 heavy (non-hydrogen) atoms. The number of hydrogen-bond donors (Lipinski definition) is 1. The molecule has 1 aliphatic carbocycles. The van der Waals surface area contributed by atoms with Crippen molar-refractivity contribution in [3.05, 3.63) is 35.4 Å². The minimum atomic E-state index is -0.487. The Balaban J connectivity index is 1.71. The fraction of sp³-hybridized carbons (Fsp3) is 0.571. The lowest BCUT2D eigenvalue weighted by Gasteiger charge is -2.12. The van der Waals surface area contributed by atoms with E-state index in [1.54, 1.807) is 0 Å². The van der Waals surface area contributed by atoms with Gasteiger partial charge < -0.3 is 9.84 Å². The predicted octanol–water partition coefficient (Wildman–Crippen LogP) is 2.85. The molecule has 1 saturated carbocycles. The van der Waals surface area contributed by atoms with Gasteiger partial charge in [-0.05, 0) is 24.8 Å². The minimum absolute atomic E-state index is 0.413. The van der Waals surface area contributed by atoms with Gasteiger partial charge in [-0.15, -0.1) is 0 Å². The molecule has 0 radical (unpaired) electrons. The van der Waals surface area contributed by atoms with E-state index < -0.39 is 6.10 Å². The Hall–Kier alpha value is -0.860. The van der Waals surface area contributed by atoms with Crippen LogP contribution in [0.4, 0.5) is 0 Å². The second kappa shape index (κ2) is 5.46. The second-order valence-electron chi connectivity index (χ2n) is 4.74. The molecule has 0 aromatic heterocycles. The molecule has 1 N–H and O–H groups in total. The molecule has 0 saturated heterocycles. The zero-order valence-electron chi connectivity index (χ0n) is 9.86. The van der Waals surface area contributed by atoms with Gasteiger partial charge in [-0.1, -0.05) is 42.7 Å². The van der Waals surface area contributed by atoms with Crippen LogP contribution in [-0.4, -0.2) is 18.3 Å². The largest absolute Gasteiger partial charge is 0.386 e. The Bertz CT molecular complexity index is 331. The molecular weight excluding hydrogens is 200 g/mol. The maximum absolute atomic E-state index is 9.90. The first-order valence-electron chi connectivity index (χ1n) is 6.08. The number of aliphatic hydroxyl groups is 1. The standard InChI is InChI=1S/C14H20O2/c1-11-3-2-4-13(9-11)14(15)10-16-8-7-12-5-6-12/h2-4,9,12,14-15H,5-8,10H2,1H3. The van der Waals surface area contributed by atoms with Crippen LogP contribution in [0.15, 0.2) is 24.3 Å². The van der Waals surface area contributed by atoms with Crippen molar-refractivity contribution in [1.82, 2.24) is 0 Å². The Morgan fingerprint density at radius 1 is 1.44 bits per heavy atom. The van der Waals surface area contributed by atoms with Crippen molar-refractivity contribution in [2.45, 2.75) is 32.3 Å². The van der Waals surface area contributed by atoms with E-state index in [-0.39, 0.29) is 0 Å². The summed E-state index contributed by atoms with van der Waals surface area (Å²) in [5.74, 6) is 0.899. The van der Waals surface area contributed by atoms with Crippen molar-refractivity contribution < 1.29 is 9.84 Å². The van der Waals surface area contributed by atoms with E-state index in [0.29, 0.717) is 6.61 Å². The van der Waals surface area contributed by atoms with Gasteiger partial charge in [0.2, 0.25) is 0 Å². The fourth-order valence-electron chi connectivity index (χ4n) is 1.83. The number of ether oxygens (including phenoxy) is 1. The van der Waals surface area contributed by atoms with Crippen LogP contribution in [0.25, 0.3) is 0 Å². The van der Waals surface area contributed by atoms with Crippen LogP contribution >= 0.6 is 0 Å². The van der Waals surface area contributed by atoms with Gasteiger partial charge in [0.15, 0.2) is 0 Å². The lowest BCUT2D eigenvalue weighted by molar-refractivity contribution is 0.0336. The summed E-state index contributed by atoms with van der Waals surface area (Å²) < 4.78 is 5.49. The zero-order chi connectivity index (χ0) is 11.4.